The molecule has 0 fully saturated rings. The molecule has 4 heteroatoms. The van der Waals surface area contributed by atoms with Gasteiger partial charge >= 0.3 is 101 Å². The molecule has 2 radical (unpaired) electrons. The topological polar surface area (TPSA) is 41.1 Å². The third kappa shape index (κ3) is 2.06. The van der Waals surface area contributed by atoms with Crippen molar-refractivity contribution in [1.29, 1.82) is 0 Å². The summed E-state index contributed by atoms with van der Waals surface area (Å²) < 4.78 is 3.89. The Bertz CT molecular complexity index is 283. The SMILES string of the molecule is C[C](C)(C)[Ca]1([C](C)(C)C)[NH]C=CN[C]1=O. The molecule has 0 bridgehead atoms. The molecule has 1 aliphatic rings. The first-order valence-corrected chi connectivity index (χ1v) is 10.2. The summed E-state index contributed by atoms with van der Waals surface area (Å²) in [6.07, 6.45) is 3.62. The number of carbonyl (C=O) groups excluding carboxylic acids is 1. The molecule has 1 heterocycles. The Labute approximate surface area is 100 Å². The second-order valence-corrected chi connectivity index (χ2v) is 18.9. The normalized spacial score (nSPS) is 20.8. The van der Waals surface area contributed by atoms with Crippen LogP contribution in [0.1, 0.15) is 41.5 Å². The third-order valence-electron chi connectivity index (χ3n) is 4.42. The van der Waals surface area contributed by atoms with Crippen LogP contribution in [0.3, 0.4) is 0 Å². The first-order chi connectivity index (χ1) is 6.63. The molecule has 2 N–H and O–H groups in total. The van der Waals surface area contributed by atoms with Crippen LogP contribution in [0.2, 0.25) is 3.02 Å². The molecule has 1 aliphatic heterocycles. The van der Waals surface area contributed by atoms with Crippen molar-refractivity contribution in [3.8, 4) is 0 Å². The number of nitrogens with one attached hydrogen (secondary N) is 2. The molecule has 3 nitrogen and oxygen atoms in total. The van der Waals surface area contributed by atoms with Gasteiger partial charge in [-0.1, -0.05) is 0 Å². The van der Waals surface area contributed by atoms with Crippen LogP contribution < -0.4 is 7.12 Å². The van der Waals surface area contributed by atoms with Crippen molar-refractivity contribution in [2.24, 2.45) is 0 Å². The zero-order valence-corrected chi connectivity index (χ0v) is 13.0. The van der Waals surface area contributed by atoms with E-state index < -0.39 is 30.3 Å². The summed E-state index contributed by atoms with van der Waals surface area (Å²) in [5.41, 5.74) is 0. The van der Waals surface area contributed by atoms with E-state index in [1.54, 1.807) is 6.20 Å². The maximum absolute atomic E-state index is 12.3. The van der Waals surface area contributed by atoms with Gasteiger partial charge in [-0.05, 0) is 0 Å². The summed E-state index contributed by atoms with van der Waals surface area (Å²) in [5, 5.41) is 2.90. The van der Waals surface area contributed by atoms with Crippen LogP contribution in [0.25, 0.3) is 0 Å². The average Bonchev–Trinajstić information content (AvgIpc) is 2.00. The molecule has 0 aromatic rings. The van der Waals surface area contributed by atoms with E-state index >= 15 is 0 Å². The molecular weight excluding hydrogens is 216 g/mol. The summed E-state index contributed by atoms with van der Waals surface area (Å²) in [5.74, 6) is 0. The van der Waals surface area contributed by atoms with Gasteiger partial charge in [0, 0.05) is 0 Å². The predicted octanol–water partition coefficient (Wildman–Crippen LogP) is 2.90. The standard InChI is InChI=1S/2C4H9.C3H4N2O.Ca/c2*1-4(2)3;4-1-2-5-3-6;/h2*1-3H3;1-2,4H,(H,5,6);/q;;-1;+1. The van der Waals surface area contributed by atoms with Crippen LogP contribution in [-0.2, 0) is 0 Å². The van der Waals surface area contributed by atoms with Gasteiger partial charge in [-0.25, -0.2) is 0 Å². The van der Waals surface area contributed by atoms with E-state index in [0.717, 1.165) is 0 Å². The number of carbonyl (C=O) groups is 1. The van der Waals surface area contributed by atoms with Gasteiger partial charge in [0.1, 0.15) is 0 Å². The van der Waals surface area contributed by atoms with Crippen LogP contribution in [-0.4, -0.2) is 32.3 Å². The predicted molar refractivity (Wildman–Crippen MR) is 66.0 cm³/mol. The fourth-order valence-electron chi connectivity index (χ4n) is 3.78. The van der Waals surface area contributed by atoms with E-state index in [1.807, 2.05) is 6.20 Å². The number of hydrogen-bond acceptors (Lipinski definition) is 2. The van der Waals surface area contributed by atoms with Crippen molar-refractivity contribution in [2.75, 3.05) is 0 Å². The molecule has 0 unspecified atom stereocenters. The molecule has 0 atom stereocenters. The minimum absolute atomic E-state index is 0.0661. The van der Waals surface area contributed by atoms with Gasteiger partial charge in [-0.15, -0.1) is 0 Å². The van der Waals surface area contributed by atoms with Crippen molar-refractivity contribution in [2.45, 2.75) is 44.6 Å². The Balaban J connectivity index is 3.31. The quantitative estimate of drug-likeness (QED) is 0.637. The Morgan fingerprint density at radius 2 is 1.47 bits per heavy atom. The van der Waals surface area contributed by atoms with Crippen LogP contribution >= 0.6 is 0 Å². The Kier molecular flexibility index (Phi) is 3.50. The molecular formula is C11H22CaN2O. The van der Waals surface area contributed by atoms with Crippen molar-refractivity contribution in [1.82, 2.24) is 7.12 Å². The summed E-state index contributed by atoms with van der Waals surface area (Å²) in [7, 11) is 0. The first-order valence-electron chi connectivity index (χ1n) is 5.78. The average molecular weight is 238 g/mol. The van der Waals surface area contributed by atoms with Crippen LogP contribution in [0.15, 0.2) is 12.4 Å². The van der Waals surface area contributed by atoms with E-state index in [1.165, 1.54) is 0 Å². The van der Waals surface area contributed by atoms with Crippen molar-refractivity contribution in [3.63, 3.8) is 0 Å². The zero-order valence-electron chi connectivity index (χ0n) is 10.8. The monoisotopic (exact) mass is 238 g/mol. The van der Waals surface area contributed by atoms with Crippen molar-refractivity contribution < 1.29 is 4.79 Å². The van der Waals surface area contributed by atoms with Crippen molar-refractivity contribution in [3.05, 3.63) is 12.4 Å². The molecule has 0 saturated heterocycles. The van der Waals surface area contributed by atoms with Crippen LogP contribution in [0.4, 0.5) is 4.79 Å². The Morgan fingerprint density at radius 1 is 1.00 bits per heavy atom. The second-order valence-electron chi connectivity index (χ2n) is 7.29. The number of rotatable bonds is 0. The Morgan fingerprint density at radius 3 is 1.73 bits per heavy atom. The fraction of sp³-hybridized carbons (Fsp3) is 0.727. The fourth-order valence-corrected chi connectivity index (χ4v) is 15.4. The van der Waals surface area contributed by atoms with E-state index in [4.69, 9.17) is 0 Å². The van der Waals surface area contributed by atoms with Crippen LogP contribution in [0, 0.1) is 0 Å². The Hall–Kier alpha value is 0.270. The van der Waals surface area contributed by atoms with Gasteiger partial charge in [0.2, 0.25) is 0 Å². The maximum atomic E-state index is 12.3. The number of hydrogen-bond donors (Lipinski definition) is 2. The second kappa shape index (κ2) is 3.93. The molecule has 1 rings (SSSR count). The van der Waals surface area contributed by atoms with Gasteiger partial charge in [0.05, 0.1) is 0 Å². The molecule has 0 aliphatic carbocycles. The molecule has 0 aromatic carbocycles. The van der Waals surface area contributed by atoms with Crippen molar-refractivity contribution >= 4 is 32.3 Å². The summed E-state index contributed by atoms with van der Waals surface area (Å²) in [6, 6.07) is 0. The zero-order chi connectivity index (χ0) is 11.9. The first kappa shape index (κ1) is 13.3. The summed E-state index contributed by atoms with van der Waals surface area (Å²) in [4.78, 5) is 12.3. The van der Waals surface area contributed by atoms with E-state index in [0.29, 0.717) is 0 Å². The van der Waals surface area contributed by atoms with Gasteiger partial charge < -0.3 is 0 Å². The van der Waals surface area contributed by atoms with Gasteiger partial charge in [-0.2, -0.15) is 0 Å². The molecule has 0 saturated carbocycles. The third-order valence-corrected chi connectivity index (χ3v) is 17.5. The molecule has 84 valence electrons. The van der Waals surface area contributed by atoms with Crippen LogP contribution in [0.5, 0.6) is 0 Å². The van der Waals surface area contributed by atoms with Gasteiger partial charge in [0.25, 0.3) is 0 Å². The summed E-state index contributed by atoms with van der Waals surface area (Å²) in [6.45, 7) is 13.1. The van der Waals surface area contributed by atoms with Gasteiger partial charge in [0.15, 0.2) is 0 Å². The van der Waals surface area contributed by atoms with E-state index in [2.05, 4.69) is 48.7 Å². The molecule has 0 aromatic heterocycles. The van der Waals surface area contributed by atoms with E-state index in [9.17, 15) is 4.79 Å². The van der Waals surface area contributed by atoms with Gasteiger partial charge in [-0.3, -0.25) is 0 Å². The molecule has 0 spiro atoms. The minimum atomic E-state index is -3.25. The summed E-state index contributed by atoms with van der Waals surface area (Å²) >= 11 is -3.25. The molecule has 15 heavy (non-hydrogen) atoms. The molecule has 1 amide bonds. The van der Waals surface area contributed by atoms with E-state index in [-0.39, 0.29) is 5.03 Å². The number of amides is 1.